The highest BCUT2D eigenvalue weighted by atomic mass is 16.5. The van der Waals surface area contributed by atoms with Gasteiger partial charge in [-0.1, -0.05) is 6.08 Å². The van der Waals surface area contributed by atoms with Crippen molar-refractivity contribution < 1.29 is 14.3 Å². The molecule has 100 valence electrons. The summed E-state index contributed by atoms with van der Waals surface area (Å²) in [4.78, 5) is 24.5. The number of anilines is 1. The van der Waals surface area contributed by atoms with Gasteiger partial charge in [-0.05, 0) is 31.0 Å². The van der Waals surface area contributed by atoms with Crippen LogP contribution in [-0.4, -0.2) is 18.4 Å². The third-order valence-corrected chi connectivity index (χ3v) is 3.05. The molecule has 0 radical (unpaired) electrons. The lowest BCUT2D eigenvalue weighted by molar-refractivity contribution is -0.132. The number of hydrogen-bond acceptors (Lipinski definition) is 3. The maximum atomic E-state index is 11.7. The summed E-state index contributed by atoms with van der Waals surface area (Å²) in [6.45, 7) is 5.82. The van der Waals surface area contributed by atoms with Crippen molar-refractivity contribution in [2.45, 2.75) is 26.2 Å². The van der Waals surface area contributed by atoms with Gasteiger partial charge < -0.3 is 9.64 Å². The monoisotopic (exact) mass is 259 g/mol. The number of esters is 1. The molecule has 0 unspecified atom stereocenters. The molecule has 0 atom stereocenters. The molecule has 1 aliphatic heterocycles. The molecular formula is C15H17NO3. The van der Waals surface area contributed by atoms with Crippen LogP contribution < -0.4 is 9.64 Å². The molecule has 1 aromatic carbocycles. The zero-order chi connectivity index (χ0) is 13.8. The van der Waals surface area contributed by atoms with E-state index in [1.165, 1.54) is 6.92 Å². The van der Waals surface area contributed by atoms with Crippen LogP contribution in [0, 0.1) is 0 Å². The third-order valence-electron chi connectivity index (χ3n) is 3.05. The Kier molecular flexibility index (Phi) is 4.00. The number of ether oxygens (including phenoxy) is 1. The first-order valence-corrected chi connectivity index (χ1v) is 6.34. The van der Waals surface area contributed by atoms with Crippen molar-refractivity contribution in [3.63, 3.8) is 0 Å². The summed E-state index contributed by atoms with van der Waals surface area (Å²) in [7, 11) is 0. The number of rotatable bonds is 4. The number of hydrogen-bond donors (Lipinski definition) is 0. The second-order valence-corrected chi connectivity index (χ2v) is 4.53. The lowest BCUT2D eigenvalue weighted by Gasteiger charge is -2.18. The predicted molar refractivity (Wildman–Crippen MR) is 73.2 cm³/mol. The minimum absolute atomic E-state index is 0.143. The van der Waals surface area contributed by atoms with Crippen molar-refractivity contribution in [2.75, 3.05) is 11.4 Å². The van der Waals surface area contributed by atoms with Gasteiger partial charge in [0.2, 0.25) is 5.91 Å². The molecule has 1 fully saturated rings. The zero-order valence-corrected chi connectivity index (χ0v) is 11.0. The van der Waals surface area contributed by atoms with E-state index in [2.05, 4.69) is 6.58 Å². The van der Waals surface area contributed by atoms with Crippen molar-refractivity contribution in [3.05, 3.63) is 36.4 Å². The maximum absolute atomic E-state index is 11.7. The summed E-state index contributed by atoms with van der Waals surface area (Å²) >= 11 is 0. The highest BCUT2D eigenvalue weighted by Gasteiger charge is 2.22. The fourth-order valence-corrected chi connectivity index (χ4v) is 2.22. The Labute approximate surface area is 112 Å². The van der Waals surface area contributed by atoms with Gasteiger partial charge in [-0.15, -0.1) is 6.58 Å². The largest absolute Gasteiger partial charge is 0.426 e. The minimum Gasteiger partial charge on any atom is -0.426 e. The molecule has 0 saturated carbocycles. The summed E-state index contributed by atoms with van der Waals surface area (Å²) in [5.41, 5.74) is 1.72. The SMILES string of the molecule is C=CCc1cc(N2CCCC2=O)ccc1OC(C)=O. The van der Waals surface area contributed by atoms with E-state index in [-0.39, 0.29) is 11.9 Å². The number of nitrogens with zero attached hydrogens (tertiary/aromatic N) is 1. The van der Waals surface area contributed by atoms with Crippen LogP contribution in [0.1, 0.15) is 25.3 Å². The number of carbonyl (C=O) groups excluding carboxylic acids is 2. The van der Waals surface area contributed by atoms with Gasteiger partial charge in [-0.3, -0.25) is 9.59 Å². The minimum atomic E-state index is -0.352. The van der Waals surface area contributed by atoms with Crippen molar-refractivity contribution in [1.82, 2.24) is 0 Å². The van der Waals surface area contributed by atoms with Gasteiger partial charge in [0.05, 0.1) is 0 Å². The molecule has 4 nitrogen and oxygen atoms in total. The molecule has 1 saturated heterocycles. The Bertz CT molecular complexity index is 522. The van der Waals surface area contributed by atoms with Gasteiger partial charge in [-0.2, -0.15) is 0 Å². The van der Waals surface area contributed by atoms with Crippen LogP contribution in [0.3, 0.4) is 0 Å². The molecule has 1 aliphatic rings. The van der Waals surface area contributed by atoms with Crippen LogP contribution in [0.15, 0.2) is 30.9 Å². The third kappa shape index (κ3) is 3.02. The van der Waals surface area contributed by atoms with Crippen LogP contribution in [0.2, 0.25) is 0 Å². The average molecular weight is 259 g/mol. The molecule has 1 amide bonds. The van der Waals surface area contributed by atoms with Gasteiger partial charge in [0, 0.05) is 31.1 Å². The first kappa shape index (κ1) is 13.3. The van der Waals surface area contributed by atoms with Gasteiger partial charge >= 0.3 is 5.97 Å². The Balaban J connectivity index is 2.32. The van der Waals surface area contributed by atoms with E-state index in [1.54, 1.807) is 17.0 Å². The first-order valence-electron chi connectivity index (χ1n) is 6.34. The van der Waals surface area contributed by atoms with Crippen LogP contribution in [0.5, 0.6) is 5.75 Å². The van der Waals surface area contributed by atoms with E-state index in [1.807, 2.05) is 12.1 Å². The quantitative estimate of drug-likeness (QED) is 0.474. The molecule has 1 aromatic rings. The second-order valence-electron chi connectivity index (χ2n) is 4.53. The van der Waals surface area contributed by atoms with Crippen LogP contribution in [-0.2, 0) is 16.0 Å². The highest BCUT2D eigenvalue weighted by Crippen LogP contribution is 2.28. The van der Waals surface area contributed by atoms with Gasteiger partial charge in [-0.25, -0.2) is 0 Å². The van der Waals surface area contributed by atoms with E-state index in [0.29, 0.717) is 18.6 Å². The number of benzene rings is 1. The van der Waals surface area contributed by atoms with Crippen molar-refractivity contribution in [1.29, 1.82) is 0 Å². The van der Waals surface area contributed by atoms with Crippen molar-refractivity contribution >= 4 is 17.6 Å². The zero-order valence-electron chi connectivity index (χ0n) is 11.0. The molecule has 0 aromatic heterocycles. The van der Waals surface area contributed by atoms with Crippen molar-refractivity contribution in [2.24, 2.45) is 0 Å². The van der Waals surface area contributed by atoms with Crippen LogP contribution in [0.25, 0.3) is 0 Å². The topological polar surface area (TPSA) is 46.6 Å². The van der Waals surface area contributed by atoms with E-state index in [4.69, 9.17) is 4.74 Å². The molecule has 2 rings (SSSR count). The molecule has 4 heteroatoms. The Morgan fingerprint density at radius 1 is 1.53 bits per heavy atom. The predicted octanol–water partition coefficient (Wildman–Crippen LogP) is 2.47. The van der Waals surface area contributed by atoms with Gasteiger partial charge in [0.1, 0.15) is 5.75 Å². The summed E-state index contributed by atoms with van der Waals surface area (Å²) in [6, 6.07) is 5.44. The molecule has 0 spiro atoms. The molecule has 0 N–H and O–H groups in total. The van der Waals surface area contributed by atoms with Gasteiger partial charge in [0.25, 0.3) is 0 Å². The maximum Gasteiger partial charge on any atom is 0.308 e. The fraction of sp³-hybridized carbons (Fsp3) is 0.333. The van der Waals surface area contributed by atoms with Crippen LogP contribution >= 0.6 is 0 Å². The lowest BCUT2D eigenvalue weighted by atomic mass is 10.1. The number of amides is 1. The standard InChI is InChI=1S/C15H17NO3/c1-3-5-12-10-13(16-9-4-6-15(16)18)7-8-14(12)19-11(2)17/h3,7-8,10H,1,4-6,9H2,2H3. The van der Waals surface area contributed by atoms with E-state index in [9.17, 15) is 9.59 Å². The Morgan fingerprint density at radius 3 is 2.89 bits per heavy atom. The lowest BCUT2D eigenvalue weighted by Crippen LogP contribution is -2.23. The molecular weight excluding hydrogens is 242 g/mol. The van der Waals surface area contributed by atoms with E-state index in [0.717, 1.165) is 24.2 Å². The highest BCUT2D eigenvalue weighted by molar-refractivity contribution is 5.95. The second kappa shape index (κ2) is 5.69. The molecule has 0 aliphatic carbocycles. The Morgan fingerprint density at radius 2 is 2.32 bits per heavy atom. The Hall–Kier alpha value is -2.10. The molecule has 1 heterocycles. The normalized spacial score (nSPS) is 14.6. The summed E-state index contributed by atoms with van der Waals surface area (Å²) in [5, 5.41) is 0. The number of allylic oxidation sites excluding steroid dienone is 1. The summed E-state index contributed by atoms with van der Waals surface area (Å²) < 4.78 is 5.15. The van der Waals surface area contributed by atoms with E-state index < -0.39 is 0 Å². The smallest absolute Gasteiger partial charge is 0.308 e. The first-order chi connectivity index (χ1) is 9.11. The van der Waals surface area contributed by atoms with Crippen molar-refractivity contribution in [3.8, 4) is 5.75 Å². The molecule has 19 heavy (non-hydrogen) atoms. The molecule has 0 bridgehead atoms. The van der Waals surface area contributed by atoms with E-state index >= 15 is 0 Å². The summed E-state index contributed by atoms with van der Waals surface area (Å²) in [6.07, 6.45) is 3.83. The number of carbonyl (C=O) groups is 2. The summed E-state index contributed by atoms with van der Waals surface area (Å²) in [5.74, 6) is 0.322. The fourth-order valence-electron chi connectivity index (χ4n) is 2.22. The average Bonchev–Trinajstić information content (AvgIpc) is 2.77. The van der Waals surface area contributed by atoms with Crippen LogP contribution in [0.4, 0.5) is 5.69 Å². The van der Waals surface area contributed by atoms with Gasteiger partial charge in [0.15, 0.2) is 0 Å².